The molecule has 1 nitrogen and oxygen atoms in total. The summed E-state index contributed by atoms with van der Waals surface area (Å²) in [5.41, 5.74) is 3.33. The Morgan fingerprint density at radius 3 is 2.45 bits per heavy atom. The number of nitrogens with one attached hydrogen (secondary N) is 1. The lowest BCUT2D eigenvalue weighted by Gasteiger charge is -2.23. The highest BCUT2D eigenvalue weighted by Gasteiger charge is 2.17. The van der Waals surface area contributed by atoms with Gasteiger partial charge in [-0.3, -0.25) is 0 Å². The third-order valence-electron chi connectivity index (χ3n) is 3.24. The normalized spacial score (nSPS) is 11.4. The number of hydrogen-bond acceptors (Lipinski definition) is 1. The van der Waals surface area contributed by atoms with Gasteiger partial charge in [0.15, 0.2) is 0 Å². The van der Waals surface area contributed by atoms with Crippen molar-refractivity contribution in [1.29, 1.82) is 0 Å². The van der Waals surface area contributed by atoms with Crippen LogP contribution in [-0.4, -0.2) is 0 Å². The van der Waals surface area contributed by atoms with Crippen LogP contribution in [0.5, 0.6) is 0 Å². The standard InChI is InChI=1S/C17H19BrFN/c1-17(2,3)13-8-4-5-10-15(13)20-11-12-7-6-9-14(19)16(12)18/h4-10,20H,11H2,1-3H3. The van der Waals surface area contributed by atoms with Gasteiger partial charge in [-0.25, -0.2) is 4.39 Å². The lowest BCUT2D eigenvalue weighted by Crippen LogP contribution is -2.14. The molecule has 106 valence electrons. The number of para-hydroxylation sites is 1. The minimum absolute atomic E-state index is 0.0722. The molecular formula is C17H19BrFN. The zero-order valence-electron chi connectivity index (χ0n) is 12.0. The first-order valence-electron chi connectivity index (χ1n) is 6.66. The predicted octanol–water partition coefficient (Wildman–Crippen LogP) is 5.50. The second kappa shape index (κ2) is 5.96. The second-order valence-corrected chi connectivity index (χ2v) is 6.66. The monoisotopic (exact) mass is 335 g/mol. The van der Waals surface area contributed by atoms with Crippen molar-refractivity contribution in [3.63, 3.8) is 0 Å². The van der Waals surface area contributed by atoms with E-state index in [-0.39, 0.29) is 11.2 Å². The fourth-order valence-corrected chi connectivity index (χ4v) is 2.57. The van der Waals surface area contributed by atoms with Crippen molar-refractivity contribution in [3.8, 4) is 0 Å². The number of rotatable bonds is 3. The molecule has 0 saturated carbocycles. The van der Waals surface area contributed by atoms with Crippen molar-refractivity contribution in [3.05, 3.63) is 63.9 Å². The van der Waals surface area contributed by atoms with Crippen molar-refractivity contribution in [2.45, 2.75) is 32.7 Å². The molecule has 2 aromatic rings. The van der Waals surface area contributed by atoms with Gasteiger partial charge in [-0.2, -0.15) is 0 Å². The maximum atomic E-state index is 13.5. The maximum absolute atomic E-state index is 13.5. The van der Waals surface area contributed by atoms with Gasteiger partial charge < -0.3 is 5.32 Å². The Hall–Kier alpha value is -1.35. The Bertz CT molecular complexity index is 602. The molecule has 1 N–H and O–H groups in total. The minimum atomic E-state index is -0.228. The fraction of sp³-hybridized carbons (Fsp3) is 0.294. The van der Waals surface area contributed by atoms with Gasteiger partial charge in [0.05, 0.1) is 4.47 Å². The molecule has 0 spiro atoms. The first-order valence-corrected chi connectivity index (χ1v) is 7.45. The summed E-state index contributed by atoms with van der Waals surface area (Å²) in [6, 6.07) is 13.3. The van der Waals surface area contributed by atoms with Crippen LogP contribution in [0.4, 0.5) is 10.1 Å². The SMILES string of the molecule is CC(C)(C)c1ccccc1NCc1cccc(F)c1Br. The summed E-state index contributed by atoms with van der Waals surface area (Å²) < 4.78 is 14.0. The highest BCUT2D eigenvalue weighted by atomic mass is 79.9. The van der Waals surface area contributed by atoms with Crippen molar-refractivity contribution in [1.82, 2.24) is 0 Å². The molecule has 0 unspecified atom stereocenters. The molecule has 0 atom stereocenters. The van der Waals surface area contributed by atoms with Gasteiger partial charge in [0, 0.05) is 12.2 Å². The molecule has 0 fully saturated rings. The van der Waals surface area contributed by atoms with Crippen LogP contribution in [0, 0.1) is 5.82 Å². The number of halogens is 2. The van der Waals surface area contributed by atoms with Gasteiger partial charge >= 0.3 is 0 Å². The van der Waals surface area contributed by atoms with Crippen LogP contribution in [0.1, 0.15) is 31.9 Å². The lowest BCUT2D eigenvalue weighted by molar-refractivity contribution is 0.591. The molecule has 0 aliphatic carbocycles. The Labute approximate surface area is 128 Å². The number of benzene rings is 2. The summed E-state index contributed by atoms with van der Waals surface area (Å²) in [5.74, 6) is -0.228. The van der Waals surface area contributed by atoms with E-state index in [4.69, 9.17) is 0 Å². The van der Waals surface area contributed by atoms with E-state index >= 15 is 0 Å². The molecule has 0 amide bonds. The Morgan fingerprint density at radius 2 is 1.75 bits per heavy atom. The lowest BCUT2D eigenvalue weighted by atomic mass is 9.86. The average Bonchev–Trinajstić information content (AvgIpc) is 2.40. The van der Waals surface area contributed by atoms with Crippen LogP contribution < -0.4 is 5.32 Å². The molecule has 2 rings (SSSR count). The molecule has 0 aliphatic heterocycles. The van der Waals surface area contributed by atoms with Crippen molar-refractivity contribution >= 4 is 21.6 Å². The zero-order valence-corrected chi connectivity index (χ0v) is 13.6. The smallest absolute Gasteiger partial charge is 0.137 e. The highest BCUT2D eigenvalue weighted by Crippen LogP contribution is 2.30. The van der Waals surface area contributed by atoms with Crippen LogP contribution >= 0.6 is 15.9 Å². The third kappa shape index (κ3) is 3.40. The first-order chi connectivity index (χ1) is 9.39. The Morgan fingerprint density at radius 1 is 1.05 bits per heavy atom. The van der Waals surface area contributed by atoms with Gasteiger partial charge in [-0.1, -0.05) is 51.1 Å². The van der Waals surface area contributed by atoms with Crippen LogP contribution in [0.25, 0.3) is 0 Å². The molecule has 0 aromatic heterocycles. The van der Waals surface area contributed by atoms with E-state index in [1.807, 2.05) is 18.2 Å². The quantitative estimate of drug-likeness (QED) is 0.781. The van der Waals surface area contributed by atoms with E-state index in [1.165, 1.54) is 11.6 Å². The molecule has 0 radical (unpaired) electrons. The van der Waals surface area contributed by atoms with Gasteiger partial charge in [0.25, 0.3) is 0 Å². The molecule has 20 heavy (non-hydrogen) atoms. The van der Waals surface area contributed by atoms with Crippen molar-refractivity contribution in [2.75, 3.05) is 5.32 Å². The summed E-state index contributed by atoms with van der Waals surface area (Å²) >= 11 is 3.30. The molecule has 0 aliphatic rings. The fourth-order valence-electron chi connectivity index (χ4n) is 2.17. The number of anilines is 1. The van der Waals surface area contributed by atoms with E-state index in [0.29, 0.717) is 11.0 Å². The molecule has 2 aromatic carbocycles. The van der Waals surface area contributed by atoms with Gasteiger partial charge in [-0.15, -0.1) is 0 Å². The zero-order chi connectivity index (χ0) is 14.8. The molecule has 0 heterocycles. The Balaban J connectivity index is 2.22. The first kappa shape index (κ1) is 15.0. The maximum Gasteiger partial charge on any atom is 0.137 e. The summed E-state index contributed by atoms with van der Waals surface area (Å²) in [7, 11) is 0. The average molecular weight is 336 g/mol. The van der Waals surface area contributed by atoms with Crippen LogP contribution in [-0.2, 0) is 12.0 Å². The van der Waals surface area contributed by atoms with Crippen LogP contribution in [0.2, 0.25) is 0 Å². The topological polar surface area (TPSA) is 12.0 Å². The predicted molar refractivity (Wildman–Crippen MR) is 86.6 cm³/mol. The molecule has 3 heteroatoms. The van der Waals surface area contributed by atoms with E-state index < -0.39 is 0 Å². The van der Waals surface area contributed by atoms with Crippen molar-refractivity contribution < 1.29 is 4.39 Å². The second-order valence-electron chi connectivity index (χ2n) is 5.86. The van der Waals surface area contributed by atoms with E-state index in [9.17, 15) is 4.39 Å². The van der Waals surface area contributed by atoms with Gasteiger partial charge in [-0.05, 0) is 44.6 Å². The van der Waals surface area contributed by atoms with Gasteiger partial charge in [0.1, 0.15) is 5.82 Å². The van der Waals surface area contributed by atoms with Crippen molar-refractivity contribution in [2.24, 2.45) is 0 Å². The summed E-state index contributed by atoms with van der Waals surface area (Å²) in [5, 5.41) is 3.41. The van der Waals surface area contributed by atoms with E-state index in [0.717, 1.165) is 11.3 Å². The molecule has 0 bridgehead atoms. The van der Waals surface area contributed by atoms with Crippen LogP contribution in [0.3, 0.4) is 0 Å². The largest absolute Gasteiger partial charge is 0.381 e. The summed E-state index contributed by atoms with van der Waals surface area (Å²) in [6.07, 6.45) is 0. The Kier molecular flexibility index (Phi) is 4.48. The van der Waals surface area contributed by atoms with E-state index in [1.54, 1.807) is 6.07 Å². The van der Waals surface area contributed by atoms with E-state index in [2.05, 4.69) is 54.2 Å². The highest BCUT2D eigenvalue weighted by molar-refractivity contribution is 9.10. The minimum Gasteiger partial charge on any atom is -0.381 e. The summed E-state index contributed by atoms with van der Waals surface area (Å²) in [4.78, 5) is 0. The third-order valence-corrected chi connectivity index (χ3v) is 4.12. The molecule has 0 saturated heterocycles. The molecular weight excluding hydrogens is 317 g/mol. The van der Waals surface area contributed by atoms with Gasteiger partial charge in [0.2, 0.25) is 0 Å². The van der Waals surface area contributed by atoms with Crippen LogP contribution in [0.15, 0.2) is 46.9 Å². The number of hydrogen-bond donors (Lipinski definition) is 1. The summed E-state index contributed by atoms with van der Waals surface area (Å²) in [6.45, 7) is 7.15.